The number of rotatable bonds is 1. The van der Waals surface area contributed by atoms with Gasteiger partial charge in [-0.15, -0.1) is 0 Å². The van der Waals surface area contributed by atoms with Crippen LogP contribution in [0.1, 0.15) is 65.7 Å². The van der Waals surface area contributed by atoms with E-state index in [2.05, 4.69) is 13.8 Å². The van der Waals surface area contributed by atoms with Crippen molar-refractivity contribution in [1.82, 2.24) is 0 Å². The minimum absolute atomic E-state index is 0.0748. The van der Waals surface area contributed by atoms with Crippen LogP contribution in [-0.2, 0) is 14.3 Å². The highest BCUT2D eigenvalue weighted by Crippen LogP contribution is 2.72. The van der Waals surface area contributed by atoms with Gasteiger partial charge in [0.25, 0.3) is 0 Å². The van der Waals surface area contributed by atoms with Gasteiger partial charge >= 0.3 is 0 Å². The molecule has 0 radical (unpaired) electrons. The van der Waals surface area contributed by atoms with E-state index in [9.17, 15) is 9.59 Å². The van der Waals surface area contributed by atoms with Crippen LogP contribution in [-0.4, -0.2) is 23.8 Å². The van der Waals surface area contributed by atoms with Gasteiger partial charge in [-0.3, -0.25) is 9.59 Å². The first-order valence-corrected chi connectivity index (χ1v) is 10.0. The van der Waals surface area contributed by atoms with Crippen molar-refractivity contribution in [3.63, 3.8) is 0 Å². The van der Waals surface area contributed by atoms with Gasteiger partial charge in [0.1, 0.15) is 11.6 Å². The molecule has 3 nitrogen and oxygen atoms in total. The van der Waals surface area contributed by atoms with E-state index in [-0.39, 0.29) is 16.7 Å². The molecule has 1 saturated heterocycles. The fraction of sp³-hybridized carbons (Fsp3) is 0.905. The SMILES string of the molecule is CC(=O)[C@H]1CC[C@H]2[C@@H]3CC[C@H]4CC(=O)CC[C@]4(C)[C@H]3[C@@H]3O[C@H]3[C@]12C. The molecule has 4 saturated carbocycles. The summed E-state index contributed by atoms with van der Waals surface area (Å²) in [5, 5.41) is 0. The molecule has 5 fully saturated rings. The van der Waals surface area contributed by atoms with Gasteiger partial charge in [-0.05, 0) is 68.1 Å². The van der Waals surface area contributed by atoms with Crippen LogP contribution < -0.4 is 0 Å². The van der Waals surface area contributed by atoms with Gasteiger partial charge in [0.05, 0.1) is 12.2 Å². The Bertz CT molecular complexity index is 612. The monoisotopic (exact) mass is 330 g/mol. The summed E-state index contributed by atoms with van der Waals surface area (Å²) in [6.07, 6.45) is 8.00. The number of hydrogen-bond acceptors (Lipinski definition) is 3. The van der Waals surface area contributed by atoms with Crippen LogP contribution in [0.2, 0.25) is 0 Å². The van der Waals surface area contributed by atoms with E-state index in [0.29, 0.717) is 47.4 Å². The van der Waals surface area contributed by atoms with Gasteiger partial charge in [-0.2, -0.15) is 0 Å². The predicted octanol–water partition coefficient (Wildman–Crippen LogP) is 3.79. The zero-order valence-electron chi connectivity index (χ0n) is 15.2. The van der Waals surface area contributed by atoms with E-state index in [0.717, 1.165) is 25.7 Å². The Kier molecular flexibility index (Phi) is 3.06. The molecule has 0 aromatic carbocycles. The summed E-state index contributed by atoms with van der Waals surface area (Å²) in [6, 6.07) is 0. The zero-order valence-corrected chi connectivity index (χ0v) is 15.2. The van der Waals surface area contributed by atoms with Gasteiger partial charge in [0.15, 0.2) is 0 Å². The molecule has 1 heterocycles. The molecule has 132 valence electrons. The minimum atomic E-state index is 0.0748. The molecule has 3 heteroatoms. The molecule has 1 aliphatic heterocycles. The van der Waals surface area contributed by atoms with Gasteiger partial charge in [0, 0.05) is 24.2 Å². The number of Topliss-reactive ketones (excluding diaryl/α,β-unsaturated/α-hetero) is 2. The molecule has 0 unspecified atom stereocenters. The number of carbonyl (C=O) groups is 2. The van der Waals surface area contributed by atoms with Gasteiger partial charge in [0.2, 0.25) is 0 Å². The summed E-state index contributed by atoms with van der Waals surface area (Å²) in [5.74, 6) is 3.60. The number of epoxide rings is 1. The number of fused-ring (bicyclic) bond motifs is 8. The highest BCUT2D eigenvalue weighted by atomic mass is 16.6. The number of ketones is 2. The number of hydrogen-bond donors (Lipinski definition) is 0. The molecule has 4 aliphatic carbocycles. The van der Waals surface area contributed by atoms with Crippen molar-refractivity contribution < 1.29 is 14.3 Å². The van der Waals surface area contributed by atoms with E-state index in [1.807, 2.05) is 0 Å². The third-order valence-corrected chi connectivity index (χ3v) is 9.24. The Hall–Kier alpha value is -0.700. The quantitative estimate of drug-likeness (QED) is 0.687. The van der Waals surface area contributed by atoms with E-state index in [1.54, 1.807) is 6.92 Å². The predicted molar refractivity (Wildman–Crippen MR) is 90.3 cm³/mol. The molecule has 0 bridgehead atoms. The maximum Gasteiger partial charge on any atom is 0.133 e. The smallest absolute Gasteiger partial charge is 0.133 e. The zero-order chi connectivity index (χ0) is 16.9. The van der Waals surface area contributed by atoms with Crippen molar-refractivity contribution in [2.24, 2.45) is 40.4 Å². The van der Waals surface area contributed by atoms with Crippen molar-refractivity contribution in [2.45, 2.75) is 77.9 Å². The lowest BCUT2D eigenvalue weighted by Gasteiger charge is -2.58. The highest BCUT2D eigenvalue weighted by Gasteiger charge is 2.73. The highest BCUT2D eigenvalue weighted by molar-refractivity contribution is 5.80. The van der Waals surface area contributed by atoms with Crippen LogP contribution in [0.4, 0.5) is 0 Å². The van der Waals surface area contributed by atoms with Gasteiger partial charge < -0.3 is 4.74 Å². The molecule has 0 aromatic rings. The standard InChI is InChI=1S/C21H30O3/c1-11(22)15-6-7-16-14-5-4-12-10-13(23)8-9-20(12,2)17(14)18-19(24-18)21(15,16)3/h12,14-19H,4-10H2,1-3H3/t12-,14-,15+,16-,17+,18-,19+,20-,21+/m0/s1. The van der Waals surface area contributed by atoms with Crippen LogP contribution in [0, 0.1) is 40.4 Å². The molecular weight excluding hydrogens is 300 g/mol. The average Bonchev–Trinajstić information content (AvgIpc) is 3.24. The van der Waals surface area contributed by atoms with Crippen LogP contribution in [0.3, 0.4) is 0 Å². The Balaban J connectivity index is 1.52. The lowest BCUT2D eigenvalue weighted by Crippen LogP contribution is -2.57. The summed E-state index contributed by atoms with van der Waals surface area (Å²) in [4.78, 5) is 24.3. The Morgan fingerprint density at radius 3 is 2.71 bits per heavy atom. The Morgan fingerprint density at radius 1 is 1.17 bits per heavy atom. The molecule has 0 spiro atoms. The molecule has 0 N–H and O–H groups in total. The second-order valence-electron chi connectivity index (χ2n) is 9.95. The van der Waals surface area contributed by atoms with E-state index < -0.39 is 0 Å². The molecular formula is C21H30O3. The maximum atomic E-state index is 12.3. The van der Waals surface area contributed by atoms with Crippen molar-refractivity contribution in [2.75, 3.05) is 0 Å². The summed E-state index contributed by atoms with van der Waals surface area (Å²) in [5.41, 5.74) is 0.358. The second kappa shape index (κ2) is 4.72. The fourth-order valence-corrected chi connectivity index (χ4v) is 8.08. The fourth-order valence-electron chi connectivity index (χ4n) is 8.08. The van der Waals surface area contributed by atoms with Crippen LogP contribution in [0.5, 0.6) is 0 Å². The normalized spacial score (nSPS) is 58.3. The van der Waals surface area contributed by atoms with E-state index >= 15 is 0 Å². The molecule has 5 rings (SSSR count). The summed E-state index contributed by atoms with van der Waals surface area (Å²) >= 11 is 0. The largest absolute Gasteiger partial charge is 0.369 e. The third-order valence-electron chi connectivity index (χ3n) is 9.24. The van der Waals surface area contributed by atoms with E-state index in [1.165, 1.54) is 19.3 Å². The lowest BCUT2D eigenvalue weighted by molar-refractivity contribution is -0.138. The molecule has 0 aromatic heterocycles. The van der Waals surface area contributed by atoms with Crippen LogP contribution in [0.15, 0.2) is 0 Å². The van der Waals surface area contributed by atoms with Gasteiger partial charge in [-0.25, -0.2) is 0 Å². The van der Waals surface area contributed by atoms with Crippen molar-refractivity contribution in [3.8, 4) is 0 Å². The van der Waals surface area contributed by atoms with Crippen LogP contribution >= 0.6 is 0 Å². The van der Waals surface area contributed by atoms with Gasteiger partial charge in [-0.1, -0.05) is 13.8 Å². The molecule has 0 amide bonds. The summed E-state index contributed by atoms with van der Waals surface area (Å²) in [6.45, 7) is 6.60. The first-order chi connectivity index (χ1) is 11.4. The maximum absolute atomic E-state index is 12.3. The second-order valence-corrected chi connectivity index (χ2v) is 9.95. The Labute approximate surface area is 144 Å². The number of ether oxygens (including phenoxy) is 1. The van der Waals surface area contributed by atoms with E-state index in [4.69, 9.17) is 4.74 Å². The molecule has 24 heavy (non-hydrogen) atoms. The lowest BCUT2D eigenvalue weighted by atomic mass is 9.44. The topological polar surface area (TPSA) is 46.7 Å². The Morgan fingerprint density at radius 2 is 1.96 bits per heavy atom. The minimum Gasteiger partial charge on any atom is -0.369 e. The van der Waals surface area contributed by atoms with Crippen molar-refractivity contribution in [3.05, 3.63) is 0 Å². The first-order valence-electron chi connectivity index (χ1n) is 10.0. The van der Waals surface area contributed by atoms with Crippen molar-refractivity contribution >= 4 is 11.6 Å². The van der Waals surface area contributed by atoms with Crippen molar-refractivity contribution in [1.29, 1.82) is 0 Å². The summed E-state index contributed by atoms with van der Waals surface area (Å²) in [7, 11) is 0. The summed E-state index contributed by atoms with van der Waals surface area (Å²) < 4.78 is 6.35. The first kappa shape index (κ1) is 15.5. The van der Waals surface area contributed by atoms with Crippen LogP contribution in [0.25, 0.3) is 0 Å². The molecule has 9 atom stereocenters. The average molecular weight is 330 g/mol. The third kappa shape index (κ3) is 1.73. The molecule has 5 aliphatic rings. The number of carbonyl (C=O) groups excluding carboxylic acids is 2.